The molecule has 0 fully saturated rings. The fraction of sp³-hybridized carbons (Fsp3) is 0.429. The van der Waals surface area contributed by atoms with Crippen molar-refractivity contribution in [2.75, 3.05) is 0 Å². The molecule has 0 aliphatic heterocycles. The summed E-state index contributed by atoms with van der Waals surface area (Å²) in [5.41, 5.74) is 0.247. The summed E-state index contributed by atoms with van der Waals surface area (Å²) in [6, 6.07) is 1.18. The van der Waals surface area contributed by atoms with E-state index >= 15 is 0 Å². The normalized spacial score (nSPS) is 11.6. The summed E-state index contributed by atoms with van der Waals surface area (Å²) >= 11 is 0. The van der Waals surface area contributed by atoms with Gasteiger partial charge >= 0.3 is 0 Å². The van der Waals surface area contributed by atoms with E-state index < -0.39 is 10.0 Å². The van der Waals surface area contributed by atoms with E-state index in [1.165, 1.54) is 17.8 Å². The van der Waals surface area contributed by atoms with E-state index in [9.17, 15) is 13.2 Å². The number of ketones is 1. The minimum absolute atomic E-state index is 0.171. The SMILES string of the molecule is CCC(=O)c1cc(S(N)(=O)=O)nn1C. The van der Waals surface area contributed by atoms with Gasteiger partial charge in [-0.05, 0) is 0 Å². The molecule has 0 saturated heterocycles. The topological polar surface area (TPSA) is 95.1 Å². The summed E-state index contributed by atoms with van der Waals surface area (Å²) in [6.07, 6.45) is 0.295. The van der Waals surface area contributed by atoms with Crippen LogP contribution in [0.3, 0.4) is 0 Å². The predicted octanol–water partition coefficient (Wildman–Crippen LogP) is -0.340. The molecule has 1 rings (SSSR count). The number of carbonyl (C=O) groups excluding carboxylic acids is 1. The maximum absolute atomic E-state index is 11.3. The van der Waals surface area contributed by atoms with Crippen molar-refractivity contribution in [3.63, 3.8) is 0 Å². The van der Waals surface area contributed by atoms with Crippen LogP contribution < -0.4 is 5.14 Å². The molecule has 78 valence electrons. The van der Waals surface area contributed by atoms with Crippen molar-refractivity contribution in [2.45, 2.75) is 18.4 Å². The third-order valence-corrected chi connectivity index (χ3v) is 2.54. The first-order chi connectivity index (χ1) is 6.36. The van der Waals surface area contributed by atoms with Gasteiger partial charge in [-0.1, -0.05) is 6.92 Å². The summed E-state index contributed by atoms with van der Waals surface area (Å²) in [5.74, 6) is -0.171. The minimum atomic E-state index is -3.83. The summed E-state index contributed by atoms with van der Waals surface area (Å²) in [5, 5.41) is 8.22. The molecule has 0 bridgehead atoms. The molecule has 14 heavy (non-hydrogen) atoms. The molecular weight excluding hydrogens is 206 g/mol. The molecule has 0 aliphatic carbocycles. The van der Waals surface area contributed by atoms with Crippen LogP contribution in [0.15, 0.2) is 11.1 Å². The highest BCUT2D eigenvalue weighted by atomic mass is 32.2. The summed E-state index contributed by atoms with van der Waals surface area (Å²) < 4.78 is 23.0. The molecule has 0 aliphatic rings. The molecule has 0 amide bonds. The molecule has 0 saturated carbocycles. The maximum Gasteiger partial charge on any atom is 0.257 e. The Morgan fingerprint density at radius 3 is 2.57 bits per heavy atom. The van der Waals surface area contributed by atoms with Crippen LogP contribution >= 0.6 is 0 Å². The van der Waals surface area contributed by atoms with Crippen LogP contribution in [-0.2, 0) is 17.1 Å². The van der Waals surface area contributed by atoms with Gasteiger partial charge < -0.3 is 0 Å². The fourth-order valence-electron chi connectivity index (χ4n) is 1.02. The number of rotatable bonds is 3. The molecule has 7 heteroatoms. The van der Waals surface area contributed by atoms with E-state index in [2.05, 4.69) is 5.10 Å². The van der Waals surface area contributed by atoms with Crippen LogP contribution in [0.2, 0.25) is 0 Å². The molecular formula is C7H11N3O3S. The molecule has 0 unspecified atom stereocenters. The van der Waals surface area contributed by atoms with Crippen molar-refractivity contribution in [1.29, 1.82) is 0 Å². The van der Waals surface area contributed by atoms with E-state index in [4.69, 9.17) is 5.14 Å². The number of carbonyl (C=O) groups is 1. The Morgan fingerprint density at radius 2 is 2.21 bits per heavy atom. The van der Waals surface area contributed by atoms with Gasteiger partial charge in [0.1, 0.15) is 5.69 Å². The highest BCUT2D eigenvalue weighted by Crippen LogP contribution is 2.09. The first kappa shape index (κ1) is 10.9. The zero-order valence-electron chi connectivity index (χ0n) is 7.89. The lowest BCUT2D eigenvalue weighted by molar-refractivity contribution is 0.0979. The van der Waals surface area contributed by atoms with Gasteiger partial charge in [-0.3, -0.25) is 9.48 Å². The number of Topliss-reactive ketones (excluding diaryl/α,β-unsaturated/α-hetero) is 1. The van der Waals surface area contributed by atoms with Gasteiger partial charge in [-0.25, -0.2) is 13.6 Å². The van der Waals surface area contributed by atoms with E-state index in [1.54, 1.807) is 6.92 Å². The number of primary sulfonamides is 1. The first-order valence-electron chi connectivity index (χ1n) is 3.96. The van der Waals surface area contributed by atoms with Crippen LogP contribution in [0.25, 0.3) is 0 Å². The second-order valence-corrected chi connectivity index (χ2v) is 4.32. The summed E-state index contributed by atoms with van der Waals surface area (Å²) in [6.45, 7) is 1.69. The van der Waals surface area contributed by atoms with Gasteiger partial charge in [0.15, 0.2) is 10.8 Å². The lowest BCUT2D eigenvalue weighted by Crippen LogP contribution is -2.13. The van der Waals surface area contributed by atoms with Crippen LogP contribution in [0, 0.1) is 0 Å². The quantitative estimate of drug-likeness (QED) is 0.700. The molecule has 6 nitrogen and oxygen atoms in total. The molecule has 0 radical (unpaired) electrons. The van der Waals surface area contributed by atoms with Crippen molar-refractivity contribution >= 4 is 15.8 Å². The largest absolute Gasteiger partial charge is 0.292 e. The molecule has 2 N–H and O–H groups in total. The standard InChI is InChI=1S/C7H11N3O3S/c1-3-6(11)5-4-7(9-10(5)2)14(8,12)13/h4H,3H2,1-2H3,(H2,8,12,13). The predicted molar refractivity (Wildman–Crippen MR) is 49.2 cm³/mol. The highest BCUT2D eigenvalue weighted by Gasteiger charge is 2.17. The van der Waals surface area contributed by atoms with Crippen molar-refractivity contribution in [3.05, 3.63) is 11.8 Å². The average molecular weight is 217 g/mol. The van der Waals surface area contributed by atoms with Crippen LogP contribution in [-0.4, -0.2) is 24.0 Å². The number of aromatic nitrogens is 2. The van der Waals surface area contributed by atoms with E-state index in [-0.39, 0.29) is 16.5 Å². The fourth-order valence-corrected chi connectivity index (χ4v) is 1.53. The zero-order chi connectivity index (χ0) is 10.9. The van der Waals surface area contributed by atoms with Gasteiger partial charge in [-0.15, -0.1) is 0 Å². The molecule has 1 heterocycles. The lowest BCUT2D eigenvalue weighted by Gasteiger charge is -1.95. The monoisotopic (exact) mass is 217 g/mol. The Labute approximate surface area is 81.8 Å². The number of nitrogens with two attached hydrogens (primary N) is 1. The first-order valence-corrected chi connectivity index (χ1v) is 5.51. The van der Waals surface area contributed by atoms with Gasteiger partial charge in [0.25, 0.3) is 10.0 Å². The van der Waals surface area contributed by atoms with Crippen molar-refractivity contribution < 1.29 is 13.2 Å². The third kappa shape index (κ3) is 1.99. The average Bonchev–Trinajstić information content (AvgIpc) is 2.45. The second-order valence-electron chi connectivity index (χ2n) is 2.81. The van der Waals surface area contributed by atoms with Crippen molar-refractivity contribution in [2.24, 2.45) is 12.2 Å². The molecule has 0 spiro atoms. The Morgan fingerprint density at radius 1 is 1.64 bits per heavy atom. The summed E-state index contributed by atoms with van der Waals surface area (Å²) in [4.78, 5) is 11.3. The Hall–Kier alpha value is -1.21. The van der Waals surface area contributed by atoms with Gasteiger partial charge in [0.05, 0.1) is 0 Å². The van der Waals surface area contributed by atoms with Crippen LogP contribution in [0.4, 0.5) is 0 Å². The molecule has 1 aromatic rings. The molecule has 0 aromatic carbocycles. The van der Waals surface area contributed by atoms with Crippen LogP contribution in [0.1, 0.15) is 23.8 Å². The Balaban J connectivity index is 3.25. The number of nitrogens with zero attached hydrogens (tertiary/aromatic N) is 2. The Kier molecular flexibility index (Phi) is 2.72. The van der Waals surface area contributed by atoms with E-state index in [0.717, 1.165) is 0 Å². The number of hydrogen-bond donors (Lipinski definition) is 1. The minimum Gasteiger partial charge on any atom is -0.292 e. The molecule has 1 aromatic heterocycles. The summed E-state index contributed by atoms with van der Waals surface area (Å²) in [7, 11) is -2.33. The lowest BCUT2D eigenvalue weighted by atomic mass is 10.2. The zero-order valence-corrected chi connectivity index (χ0v) is 8.71. The van der Waals surface area contributed by atoms with Gasteiger partial charge in [-0.2, -0.15) is 5.10 Å². The smallest absolute Gasteiger partial charge is 0.257 e. The van der Waals surface area contributed by atoms with Crippen LogP contribution in [0.5, 0.6) is 0 Å². The number of hydrogen-bond acceptors (Lipinski definition) is 4. The highest BCUT2D eigenvalue weighted by molar-refractivity contribution is 7.89. The second kappa shape index (κ2) is 3.50. The Bertz CT molecular complexity index is 461. The van der Waals surface area contributed by atoms with Crippen molar-refractivity contribution in [1.82, 2.24) is 9.78 Å². The van der Waals surface area contributed by atoms with Crippen molar-refractivity contribution in [3.8, 4) is 0 Å². The number of sulfonamides is 1. The third-order valence-electron chi connectivity index (χ3n) is 1.76. The molecule has 0 atom stereocenters. The number of aryl methyl sites for hydroxylation is 1. The maximum atomic E-state index is 11.3. The van der Waals surface area contributed by atoms with Gasteiger partial charge in [0.2, 0.25) is 0 Å². The van der Waals surface area contributed by atoms with Gasteiger partial charge in [0, 0.05) is 19.5 Å². The van der Waals surface area contributed by atoms with E-state index in [1.807, 2.05) is 0 Å². The van der Waals surface area contributed by atoms with E-state index in [0.29, 0.717) is 6.42 Å².